The summed E-state index contributed by atoms with van der Waals surface area (Å²) >= 11 is 0. The van der Waals surface area contributed by atoms with Crippen LogP contribution in [0.2, 0.25) is 0 Å². The quantitative estimate of drug-likeness (QED) is 0.862. The first kappa shape index (κ1) is 17.0. The molecule has 1 N–H and O–H groups in total. The average molecular weight is 362 g/mol. The van der Waals surface area contributed by atoms with E-state index in [9.17, 15) is 13.2 Å². The number of amides is 1. The zero-order valence-corrected chi connectivity index (χ0v) is 15.3. The van der Waals surface area contributed by atoms with E-state index in [4.69, 9.17) is 0 Å². The summed E-state index contributed by atoms with van der Waals surface area (Å²) in [5.41, 5.74) is 1.41. The van der Waals surface area contributed by atoms with Gasteiger partial charge in [0, 0.05) is 18.0 Å². The standard InChI is InChI=1S/C19H26N2O3S/c22-18(20-14-19(9-10-19)15-5-2-1-3-6-15)17-7-4-11-21(17)16-8-12-25(23,24)13-16/h1-3,5-6,16-17H,4,7-14H2,(H,20,22)/t16-,17+/m0/s1. The zero-order chi connectivity index (χ0) is 17.5. The number of hydrogen-bond donors (Lipinski definition) is 1. The number of carbonyl (C=O) groups excluding carboxylic acids is 1. The molecule has 136 valence electrons. The van der Waals surface area contributed by atoms with E-state index in [2.05, 4.69) is 34.5 Å². The van der Waals surface area contributed by atoms with Crippen LogP contribution in [0.15, 0.2) is 30.3 Å². The number of rotatable bonds is 5. The number of likely N-dealkylation sites (tertiary alicyclic amines) is 1. The average Bonchev–Trinajstić information content (AvgIpc) is 3.08. The highest BCUT2D eigenvalue weighted by molar-refractivity contribution is 7.91. The normalized spacial score (nSPS) is 30.2. The van der Waals surface area contributed by atoms with Gasteiger partial charge in [0.15, 0.2) is 9.84 Å². The summed E-state index contributed by atoms with van der Waals surface area (Å²) in [6.45, 7) is 1.52. The van der Waals surface area contributed by atoms with Gasteiger partial charge in [0.25, 0.3) is 0 Å². The van der Waals surface area contributed by atoms with E-state index in [1.165, 1.54) is 5.56 Å². The van der Waals surface area contributed by atoms with Gasteiger partial charge in [0.2, 0.25) is 5.91 Å². The first-order valence-electron chi connectivity index (χ1n) is 9.29. The Morgan fingerprint density at radius 2 is 1.96 bits per heavy atom. The first-order chi connectivity index (χ1) is 12.0. The fraction of sp³-hybridized carbons (Fsp3) is 0.632. The molecule has 0 radical (unpaired) electrons. The Bertz CT molecular complexity index is 743. The van der Waals surface area contributed by atoms with Crippen molar-refractivity contribution in [2.24, 2.45) is 0 Å². The largest absolute Gasteiger partial charge is 0.354 e. The third-order valence-electron chi connectivity index (χ3n) is 6.11. The van der Waals surface area contributed by atoms with Gasteiger partial charge in [-0.1, -0.05) is 30.3 Å². The predicted octanol–water partition coefficient (Wildman–Crippen LogP) is 1.49. The molecule has 6 heteroatoms. The molecule has 1 saturated carbocycles. The molecule has 1 amide bonds. The smallest absolute Gasteiger partial charge is 0.237 e. The van der Waals surface area contributed by atoms with Gasteiger partial charge < -0.3 is 5.32 Å². The van der Waals surface area contributed by atoms with E-state index < -0.39 is 9.84 Å². The van der Waals surface area contributed by atoms with Crippen LogP contribution in [-0.4, -0.2) is 55.9 Å². The Balaban J connectivity index is 1.38. The van der Waals surface area contributed by atoms with Crippen molar-refractivity contribution in [2.75, 3.05) is 24.6 Å². The molecular formula is C19H26N2O3S. The summed E-state index contributed by atoms with van der Waals surface area (Å²) in [6, 6.07) is 10.3. The van der Waals surface area contributed by atoms with E-state index in [0.29, 0.717) is 13.0 Å². The summed E-state index contributed by atoms with van der Waals surface area (Å²) in [5, 5.41) is 3.17. The number of sulfone groups is 1. The predicted molar refractivity (Wildman–Crippen MR) is 97.2 cm³/mol. The lowest BCUT2D eigenvalue weighted by molar-refractivity contribution is -0.126. The van der Waals surface area contributed by atoms with Gasteiger partial charge in [-0.25, -0.2) is 8.42 Å². The molecule has 1 aromatic rings. The molecule has 0 unspecified atom stereocenters. The molecule has 0 bridgehead atoms. The van der Waals surface area contributed by atoms with E-state index in [0.717, 1.165) is 32.2 Å². The number of carbonyl (C=O) groups is 1. The minimum Gasteiger partial charge on any atom is -0.354 e. The van der Waals surface area contributed by atoms with Crippen LogP contribution >= 0.6 is 0 Å². The van der Waals surface area contributed by atoms with Crippen LogP contribution in [-0.2, 0) is 20.0 Å². The number of benzene rings is 1. The van der Waals surface area contributed by atoms with Crippen LogP contribution in [0.3, 0.4) is 0 Å². The van der Waals surface area contributed by atoms with Gasteiger partial charge in [-0.2, -0.15) is 0 Å². The van der Waals surface area contributed by atoms with Crippen molar-refractivity contribution < 1.29 is 13.2 Å². The van der Waals surface area contributed by atoms with Gasteiger partial charge in [0.05, 0.1) is 17.5 Å². The molecule has 2 atom stereocenters. The fourth-order valence-electron chi connectivity index (χ4n) is 4.43. The van der Waals surface area contributed by atoms with Gasteiger partial charge in [-0.05, 0) is 44.2 Å². The molecule has 4 rings (SSSR count). The Kier molecular flexibility index (Phi) is 4.36. The van der Waals surface area contributed by atoms with Crippen molar-refractivity contribution in [1.82, 2.24) is 10.2 Å². The molecule has 1 aromatic carbocycles. The summed E-state index contributed by atoms with van der Waals surface area (Å²) < 4.78 is 23.5. The van der Waals surface area contributed by atoms with E-state index in [-0.39, 0.29) is 34.9 Å². The Hall–Kier alpha value is -1.40. The second-order valence-corrected chi connectivity index (χ2v) is 10.0. The highest BCUT2D eigenvalue weighted by atomic mass is 32.2. The topological polar surface area (TPSA) is 66.5 Å². The van der Waals surface area contributed by atoms with Crippen molar-refractivity contribution in [3.63, 3.8) is 0 Å². The Morgan fingerprint density at radius 3 is 2.60 bits per heavy atom. The monoisotopic (exact) mass is 362 g/mol. The lowest BCUT2D eigenvalue weighted by Crippen LogP contribution is -2.49. The summed E-state index contributed by atoms with van der Waals surface area (Å²) in [5.74, 6) is 0.550. The van der Waals surface area contributed by atoms with E-state index in [1.54, 1.807) is 0 Å². The first-order valence-corrected chi connectivity index (χ1v) is 11.1. The van der Waals surface area contributed by atoms with E-state index >= 15 is 0 Å². The van der Waals surface area contributed by atoms with Crippen molar-refractivity contribution in [3.05, 3.63) is 35.9 Å². The van der Waals surface area contributed by atoms with Gasteiger partial charge in [-0.3, -0.25) is 9.69 Å². The highest BCUT2D eigenvalue weighted by Gasteiger charge is 2.45. The van der Waals surface area contributed by atoms with Crippen molar-refractivity contribution in [1.29, 1.82) is 0 Å². The molecular weight excluding hydrogens is 336 g/mol. The maximum Gasteiger partial charge on any atom is 0.237 e. The second kappa shape index (κ2) is 6.40. The SMILES string of the molecule is O=C(NCC1(c2ccccc2)CC1)[C@H]1CCCN1[C@H]1CCS(=O)(=O)C1. The molecule has 0 aromatic heterocycles. The third-order valence-corrected chi connectivity index (χ3v) is 7.87. The molecule has 3 fully saturated rings. The van der Waals surface area contributed by atoms with Crippen LogP contribution < -0.4 is 5.32 Å². The Labute approximate surface area is 149 Å². The van der Waals surface area contributed by atoms with Crippen LogP contribution in [0.4, 0.5) is 0 Å². The van der Waals surface area contributed by atoms with Crippen molar-refractivity contribution >= 4 is 15.7 Å². The van der Waals surface area contributed by atoms with Gasteiger partial charge in [-0.15, -0.1) is 0 Å². The molecule has 5 nitrogen and oxygen atoms in total. The molecule has 2 heterocycles. The number of nitrogens with zero attached hydrogens (tertiary/aromatic N) is 1. The third kappa shape index (κ3) is 3.47. The molecule has 3 aliphatic rings. The van der Waals surface area contributed by atoms with E-state index in [1.807, 2.05) is 6.07 Å². The van der Waals surface area contributed by atoms with Crippen LogP contribution in [0.25, 0.3) is 0 Å². The molecule has 2 saturated heterocycles. The lowest BCUT2D eigenvalue weighted by Gasteiger charge is -2.29. The zero-order valence-electron chi connectivity index (χ0n) is 14.5. The summed E-state index contributed by atoms with van der Waals surface area (Å²) in [4.78, 5) is 14.9. The molecule has 25 heavy (non-hydrogen) atoms. The maximum absolute atomic E-state index is 12.8. The summed E-state index contributed by atoms with van der Waals surface area (Å²) in [7, 11) is -2.92. The number of hydrogen-bond acceptors (Lipinski definition) is 4. The van der Waals surface area contributed by atoms with Crippen LogP contribution in [0.5, 0.6) is 0 Å². The lowest BCUT2D eigenvalue weighted by atomic mass is 9.96. The molecule has 2 aliphatic heterocycles. The molecule has 0 spiro atoms. The summed E-state index contributed by atoms with van der Waals surface area (Å²) in [6.07, 6.45) is 4.71. The van der Waals surface area contributed by atoms with Crippen LogP contribution in [0.1, 0.15) is 37.7 Å². The number of nitrogens with one attached hydrogen (secondary N) is 1. The maximum atomic E-state index is 12.8. The Morgan fingerprint density at radius 1 is 1.20 bits per heavy atom. The highest BCUT2D eigenvalue weighted by Crippen LogP contribution is 2.47. The van der Waals surface area contributed by atoms with Crippen LogP contribution in [0, 0.1) is 0 Å². The van der Waals surface area contributed by atoms with Crippen molar-refractivity contribution in [2.45, 2.75) is 49.6 Å². The molecule has 1 aliphatic carbocycles. The minimum absolute atomic E-state index is 0.0206. The van der Waals surface area contributed by atoms with Gasteiger partial charge in [0.1, 0.15) is 0 Å². The minimum atomic E-state index is -2.92. The second-order valence-electron chi connectivity index (χ2n) is 7.82. The fourth-order valence-corrected chi connectivity index (χ4v) is 6.17. The van der Waals surface area contributed by atoms with Gasteiger partial charge >= 0.3 is 0 Å². The van der Waals surface area contributed by atoms with Crippen molar-refractivity contribution in [3.8, 4) is 0 Å².